The Hall–Kier alpha value is -3.28. The van der Waals surface area contributed by atoms with Gasteiger partial charge >= 0.3 is 11.6 Å². The van der Waals surface area contributed by atoms with Crippen LogP contribution in [0.2, 0.25) is 0 Å². The van der Waals surface area contributed by atoms with Crippen LogP contribution in [0.15, 0.2) is 45.6 Å². The van der Waals surface area contributed by atoms with E-state index in [0.717, 1.165) is 47.6 Å². The van der Waals surface area contributed by atoms with Gasteiger partial charge in [-0.05, 0) is 37.6 Å². The van der Waals surface area contributed by atoms with E-state index in [4.69, 9.17) is 9.15 Å². The first-order valence-corrected chi connectivity index (χ1v) is 10.4. The van der Waals surface area contributed by atoms with E-state index in [-0.39, 0.29) is 17.9 Å². The Morgan fingerprint density at radius 1 is 1.03 bits per heavy atom. The molecular formula is C24H25NO5. The molecule has 2 heterocycles. The number of aryl methyl sites for hydroxylation is 1. The molecule has 0 spiro atoms. The summed E-state index contributed by atoms with van der Waals surface area (Å²) in [4.78, 5) is 24.4. The monoisotopic (exact) mass is 407 g/mol. The molecule has 0 saturated carbocycles. The molecule has 2 aromatic heterocycles. The molecule has 156 valence electrons. The van der Waals surface area contributed by atoms with Crippen molar-refractivity contribution in [2.75, 3.05) is 6.61 Å². The number of hydrogen-bond donors (Lipinski definition) is 1. The summed E-state index contributed by atoms with van der Waals surface area (Å²) in [5.41, 5.74) is 1.48. The molecule has 0 fully saturated rings. The van der Waals surface area contributed by atoms with Crippen molar-refractivity contribution in [3.05, 3.63) is 52.4 Å². The van der Waals surface area contributed by atoms with E-state index in [1.165, 1.54) is 12.5 Å². The Kier molecular flexibility index (Phi) is 5.48. The van der Waals surface area contributed by atoms with E-state index < -0.39 is 11.6 Å². The average Bonchev–Trinajstić information content (AvgIpc) is 3.01. The van der Waals surface area contributed by atoms with Crippen LogP contribution in [-0.4, -0.2) is 22.2 Å². The van der Waals surface area contributed by atoms with Crippen molar-refractivity contribution in [3.63, 3.8) is 0 Å². The summed E-state index contributed by atoms with van der Waals surface area (Å²) in [7, 11) is 0. The average molecular weight is 407 g/mol. The molecule has 0 atom stereocenters. The highest BCUT2D eigenvalue weighted by molar-refractivity contribution is 6.12. The van der Waals surface area contributed by atoms with E-state index in [1.807, 2.05) is 18.2 Å². The molecule has 0 bridgehead atoms. The summed E-state index contributed by atoms with van der Waals surface area (Å²) in [5.74, 6) is -0.475. The Morgan fingerprint density at radius 2 is 1.83 bits per heavy atom. The Bertz CT molecular complexity index is 1300. The molecular weight excluding hydrogens is 382 g/mol. The van der Waals surface area contributed by atoms with Crippen LogP contribution in [0.1, 0.15) is 49.9 Å². The number of phenols is 1. The van der Waals surface area contributed by atoms with Gasteiger partial charge in [-0.15, -0.1) is 0 Å². The third-order valence-electron chi connectivity index (χ3n) is 5.43. The second-order valence-electron chi connectivity index (χ2n) is 7.49. The predicted octanol–water partition coefficient (Wildman–Crippen LogP) is 5.36. The van der Waals surface area contributed by atoms with Crippen LogP contribution < -0.4 is 5.63 Å². The van der Waals surface area contributed by atoms with Crippen LogP contribution in [0.25, 0.3) is 32.8 Å². The summed E-state index contributed by atoms with van der Waals surface area (Å²) in [6, 6.07) is 10.6. The second-order valence-corrected chi connectivity index (χ2v) is 7.49. The molecule has 0 aliphatic carbocycles. The minimum absolute atomic E-state index is 0.107. The van der Waals surface area contributed by atoms with Gasteiger partial charge in [0, 0.05) is 34.8 Å². The van der Waals surface area contributed by atoms with Gasteiger partial charge in [-0.3, -0.25) is 0 Å². The highest BCUT2D eigenvalue weighted by atomic mass is 16.5. The summed E-state index contributed by atoms with van der Waals surface area (Å²) < 4.78 is 12.6. The molecule has 0 aliphatic heterocycles. The highest BCUT2D eigenvalue weighted by Gasteiger charge is 2.18. The standard InChI is InChI=1S/C24H25NO5/c1-3-5-6-7-10-25-20-13-16(26)8-9-17(20)18-11-15-12-19(23(27)29-4-2)24(28)30-22(15)14-21(18)25/h8-9,11-14,26H,3-7,10H2,1-2H3. The van der Waals surface area contributed by atoms with Crippen molar-refractivity contribution < 1.29 is 19.1 Å². The van der Waals surface area contributed by atoms with Gasteiger partial charge in [-0.25, -0.2) is 9.59 Å². The Labute approximate surface area is 173 Å². The van der Waals surface area contributed by atoms with E-state index in [0.29, 0.717) is 11.0 Å². The minimum atomic E-state index is -0.705. The maximum absolute atomic E-state index is 12.3. The first-order chi connectivity index (χ1) is 14.5. The van der Waals surface area contributed by atoms with Gasteiger partial charge in [0.2, 0.25) is 0 Å². The van der Waals surface area contributed by atoms with E-state index in [9.17, 15) is 14.7 Å². The fourth-order valence-electron chi connectivity index (χ4n) is 3.98. The summed E-state index contributed by atoms with van der Waals surface area (Å²) in [6.07, 6.45) is 4.48. The number of unbranched alkanes of at least 4 members (excludes halogenated alkanes) is 3. The van der Waals surface area contributed by atoms with Gasteiger partial charge < -0.3 is 18.8 Å². The van der Waals surface area contributed by atoms with Crippen molar-refractivity contribution in [1.82, 2.24) is 4.57 Å². The number of carbonyl (C=O) groups is 1. The van der Waals surface area contributed by atoms with Crippen molar-refractivity contribution in [2.45, 2.75) is 46.1 Å². The Balaban J connectivity index is 1.92. The SMILES string of the molecule is CCCCCCn1c2cc(O)ccc2c2cc3cc(C(=O)OCC)c(=O)oc3cc21. The molecule has 0 unspecified atom stereocenters. The first kappa shape index (κ1) is 20.0. The zero-order valence-corrected chi connectivity index (χ0v) is 17.2. The molecule has 30 heavy (non-hydrogen) atoms. The topological polar surface area (TPSA) is 81.7 Å². The quantitative estimate of drug-likeness (QED) is 0.253. The van der Waals surface area contributed by atoms with Crippen LogP contribution in [0.4, 0.5) is 0 Å². The molecule has 6 heteroatoms. The number of fused-ring (bicyclic) bond motifs is 4. The third kappa shape index (κ3) is 3.54. The molecule has 6 nitrogen and oxygen atoms in total. The van der Waals surface area contributed by atoms with Crippen LogP contribution in [0.3, 0.4) is 0 Å². The first-order valence-electron chi connectivity index (χ1n) is 10.4. The van der Waals surface area contributed by atoms with E-state index >= 15 is 0 Å². The fraction of sp³-hybridized carbons (Fsp3) is 0.333. The van der Waals surface area contributed by atoms with Gasteiger partial charge in [0.1, 0.15) is 16.9 Å². The van der Waals surface area contributed by atoms with Crippen LogP contribution in [0.5, 0.6) is 5.75 Å². The lowest BCUT2D eigenvalue weighted by Gasteiger charge is -2.08. The van der Waals surface area contributed by atoms with E-state index in [2.05, 4.69) is 11.5 Å². The number of aromatic nitrogens is 1. The number of esters is 1. The lowest BCUT2D eigenvalue weighted by Crippen LogP contribution is -2.16. The summed E-state index contributed by atoms with van der Waals surface area (Å²) in [6.45, 7) is 4.86. The number of benzene rings is 2. The molecule has 0 saturated heterocycles. The number of rotatable bonds is 7. The van der Waals surface area contributed by atoms with Crippen LogP contribution >= 0.6 is 0 Å². The summed E-state index contributed by atoms with van der Waals surface area (Å²) in [5, 5.41) is 12.7. The van der Waals surface area contributed by atoms with Gasteiger partial charge in [-0.1, -0.05) is 26.2 Å². The van der Waals surface area contributed by atoms with Gasteiger partial charge in [-0.2, -0.15) is 0 Å². The second kappa shape index (κ2) is 8.22. The maximum Gasteiger partial charge on any atom is 0.351 e. The number of phenolic OH excluding ortho intramolecular Hbond substituents is 1. The zero-order chi connectivity index (χ0) is 21.3. The molecule has 0 radical (unpaired) electrons. The van der Waals surface area contributed by atoms with Crippen molar-refractivity contribution in [3.8, 4) is 5.75 Å². The predicted molar refractivity (Wildman–Crippen MR) is 117 cm³/mol. The number of ether oxygens (including phenoxy) is 1. The molecule has 1 N–H and O–H groups in total. The normalized spacial score (nSPS) is 11.5. The van der Waals surface area contributed by atoms with Crippen molar-refractivity contribution in [1.29, 1.82) is 0 Å². The van der Waals surface area contributed by atoms with Crippen molar-refractivity contribution >= 4 is 38.7 Å². The van der Waals surface area contributed by atoms with Gasteiger partial charge in [0.05, 0.1) is 17.6 Å². The lowest BCUT2D eigenvalue weighted by atomic mass is 10.1. The van der Waals surface area contributed by atoms with Crippen LogP contribution in [-0.2, 0) is 11.3 Å². The largest absolute Gasteiger partial charge is 0.508 e. The zero-order valence-electron chi connectivity index (χ0n) is 17.2. The summed E-state index contributed by atoms with van der Waals surface area (Å²) >= 11 is 0. The number of hydrogen-bond acceptors (Lipinski definition) is 5. The molecule has 4 rings (SSSR count). The van der Waals surface area contributed by atoms with Crippen LogP contribution in [0, 0.1) is 0 Å². The molecule has 0 amide bonds. The van der Waals surface area contributed by atoms with Gasteiger partial charge in [0.15, 0.2) is 0 Å². The fourth-order valence-corrected chi connectivity index (χ4v) is 3.98. The number of aromatic hydroxyl groups is 1. The maximum atomic E-state index is 12.3. The number of nitrogens with zero attached hydrogens (tertiary/aromatic N) is 1. The Morgan fingerprint density at radius 3 is 2.60 bits per heavy atom. The van der Waals surface area contributed by atoms with Gasteiger partial charge in [0.25, 0.3) is 0 Å². The smallest absolute Gasteiger partial charge is 0.351 e. The minimum Gasteiger partial charge on any atom is -0.508 e. The third-order valence-corrected chi connectivity index (χ3v) is 5.43. The lowest BCUT2D eigenvalue weighted by molar-refractivity contribution is 0.0522. The van der Waals surface area contributed by atoms with E-state index in [1.54, 1.807) is 19.1 Å². The number of carbonyl (C=O) groups excluding carboxylic acids is 1. The molecule has 4 aromatic rings. The molecule has 2 aromatic carbocycles. The van der Waals surface area contributed by atoms with Crippen molar-refractivity contribution in [2.24, 2.45) is 0 Å². The molecule has 0 aliphatic rings. The highest BCUT2D eigenvalue weighted by Crippen LogP contribution is 2.34.